The minimum Gasteiger partial charge on any atom is -0.326 e. The lowest BCUT2D eigenvalue weighted by atomic mass is 10.0. The number of aromatic nitrogens is 2. The zero-order valence-electron chi connectivity index (χ0n) is 12.7. The minimum absolute atomic E-state index is 0.187. The molecule has 2 saturated heterocycles. The normalized spacial score (nSPS) is 36.3. The molecule has 0 radical (unpaired) electrons. The summed E-state index contributed by atoms with van der Waals surface area (Å²) in [6, 6.07) is 0.248. The molecule has 7 heteroatoms. The summed E-state index contributed by atoms with van der Waals surface area (Å²) in [4.78, 5) is 2.34. The third-order valence-corrected chi connectivity index (χ3v) is 6.71. The molecule has 2 aliphatic heterocycles. The van der Waals surface area contributed by atoms with E-state index in [1.165, 1.54) is 0 Å². The smallest absolute Gasteiger partial charge is 0.152 e. The van der Waals surface area contributed by atoms with Gasteiger partial charge in [0.2, 0.25) is 0 Å². The summed E-state index contributed by atoms with van der Waals surface area (Å²) >= 11 is 0. The fourth-order valence-electron chi connectivity index (χ4n) is 3.39. The Morgan fingerprint density at radius 2 is 2.24 bits per heavy atom. The molecule has 6 nitrogen and oxygen atoms in total. The topological polar surface area (TPSA) is 81.2 Å². The molecule has 0 amide bonds. The maximum Gasteiger partial charge on any atom is 0.152 e. The van der Waals surface area contributed by atoms with E-state index in [1.54, 1.807) is 0 Å². The van der Waals surface area contributed by atoms with Gasteiger partial charge >= 0.3 is 0 Å². The second kappa shape index (κ2) is 5.07. The van der Waals surface area contributed by atoms with Crippen LogP contribution in [0.25, 0.3) is 0 Å². The first kappa shape index (κ1) is 15.0. The highest BCUT2D eigenvalue weighted by Gasteiger charge is 2.40. The molecule has 2 N–H and O–H groups in total. The molecular formula is C14H24N4O2S. The van der Waals surface area contributed by atoms with Crippen LogP contribution in [0.4, 0.5) is 0 Å². The molecule has 1 aromatic rings. The van der Waals surface area contributed by atoms with Gasteiger partial charge in [-0.2, -0.15) is 5.10 Å². The van der Waals surface area contributed by atoms with Crippen molar-refractivity contribution in [3.05, 3.63) is 18.0 Å². The lowest BCUT2D eigenvalue weighted by Gasteiger charge is -2.22. The van der Waals surface area contributed by atoms with Gasteiger partial charge in [0, 0.05) is 37.4 Å². The van der Waals surface area contributed by atoms with Crippen LogP contribution in [0.1, 0.15) is 25.8 Å². The standard InChI is InChI=1S/C14H24N4O2S/c1-11-6-17(9-13(11)15)7-12-5-16-18(8-12)14(2)3-4-21(19,20)10-14/h5,8,11,13H,3-4,6-7,9-10,15H2,1-2H3. The molecule has 0 aliphatic carbocycles. The van der Waals surface area contributed by atoms with E-state index in [0.717, 1.165) is 25.2 Å². The summed E-state index contributed by atoms with van der Waals surface area (Å²) in [6.45, 7) is 6.91. The van der Waals surface area contributed by atoms with Gasteiger partial charge in [0.15, 0.2) is 9.84 Å². The lowest BCUT2D eigenvalue weighted by molar-refractivity contribution is 0.314. The zero-order chi connectivity index (χ0) is 15.3. The van der Waals surface area contributed by atoms with E-state index in [0.29, 0.717) is 12.3 Å². The Morgan fingerprint density at radius 3 is 2.81 bits per heavy atom. The van der Waals surface area contributed by atoms with Gasteiger partial charge in [-0.3, -0.25) is 9.58 Å². The maximum atomic E-state index is 11.7. The molecule has 118 valence electrons. The van der Waals surface area contributed by atoms with Crippen LogP contribution in [0.3, 0.4) is 0 Å². The second-order valence-electron chi connectivity index (χ2n) is 6.97. The summed E-state index contributed by atoms with van der Waals surface area (Å²) in [7, 11) is -2.92. The Bertz CT molecular complexity index is 617. The molecule has 2 fully saturated rings. The zero-order valence-corrected chi connectivity index (χ0v) is 13.5. The first-order valence-corrected chi connectivity index (χ1v) is 9.32. The van der Waals surface area contributed by atoms with Gasteiger partial charge < -0.3 is 5.73 Å². The van der Waals surface area contributed by atoms with E-state index in [4.69, 9.17) is 5.73 Å². The number of nitrogens with zero attached hydrogens (tertiary/aromatic N) is 3. The van der Waals surface area contributed by atoms with E-state index < -0.39 is 15.4 Å². The molecule has 3 rings (SSSR count). The van der Waals surface area contributed by atoms with Gasteiger partial charge in [0.1, 0.15) is 0 Å². The molecule has 0 bridgehead atoms. The van der Waals surface area contributed by atoms with Gasteiger partial charge in [0.25, 0.3) is 0 Å². The van der Waals surface area contributed by atoms with Crippen molar-refractivity contribution in [3.63, 3.8) is 0 Å². The third kappa shape index (κ3) is 3.00. The summed E-state index contributed by atoms with van der Waals surface area (Å²) in [5.41, 5.74) is 6.78. The summed E-state index contributed by atoms with van der Waals surface area (Å²) < 4.78 is 25.3. The predicted octanol–water partition coefficient (Wildman–Crippen LogP) is 0.196. The quantitative estimate of drug-likeness (QED) is 0.862. The van der Waals surface area contributed by atoms with Crippen molar-refractivity contribution < 1.29 is 8.42 Å². The van der Waals surface area contributed by atoms with E-state index in [-0.39, 0.29) is 17.5 Å². The van der Waals surface area contributed by atoms with Gasteiger partial charge in [-0.15, -0.1) is 0 Å². The predicted molar refractivity (Wildman–Crippen MR) is 81.6 cm³/mol. The molecule has 2 aliphatic rings. The largest absolute Gasteiger partial charge is 0.326 e. The van der Waals surface area contributed by atoms with E-state index in [9.17, 15) is 8.42 Å². The highest BCUT2D eigenvalue weighted by molar-refractivity contribution is 7.91. The maximum absolute atomic E-state index is 11.7. The lowest BCUT2D eigenvalue weighted by Crippen LogP contribution is -2.31. The average Bonchev–Trinajstić information content (AvgIpc) is 3.02. The fraction of sp³-hybridized carbons (Fsp3) is 0.786. The van der Waals surface area contributed by atoms with Crippen molar-refractivity contribution in [2.75, 3.05) is 24.6 Å². The van der Waals surface area contributed by atoms with Gasteiger partial charge in [0.05, 0.1) is 23.2 Å². The first-order valence-electron chi connectivity index (χ1n) is 7.50. The minimum atomic E-state index is -2.92. The summed E-state index contributed by atoms with van der Waals surface area (Å²) in [5, 5.41) is 4.41. The summed E-state index contributed by atoms with van der Waals surface area (Å²) in [6.07, 6.45) is 4.49. The van der Waals surface area contributed by atoms with Crippen LogP contribution in [0, 0.1) is 5.92 Å². The Hall–Kier alpha value is -0.920. The third-order valence-electron chi connectivity index (χ3n) is 4.82. The number of rotatable bonds is 3. The molecular weight excluding hydrogens is 288 g/mol. The molecule has 1 aromatic heterocycles. The van der Waals surface area contributed by atoms with Gasteiger partial charge in [-0.25, -0.2) is 8.42 Å². The average molecular weight is 312 g/mol. The monoisotopic (exact) mass is 312 g/mol. The molecule has 3 atom stereocenters. The van der Waals surface area contributed by atoms with E-state index in [1.807, 2.05) is 24.0 Å². The molecule has 3 unspecified atom stereocenters. The van der Waals surface area contributed by atoms with Crippen molar-refractivity contribution in [1.82, 2.24) is 14.7 Å². The van der Waals surface area contributed by atoms with Crippen LogP contribution >= 0.6 is 0 Å². The van der Waals surface area contributed by atoms with E-state index in [2.05, 4.69) is 16.9 Å². The van der Waals surface area contributed by atoms with Crippen LogP contribution in [0.5, 0.6) is 0 Å². The molecule has 3 heterocycles. The van der Waals surface area contributed by atoms with Crippen molar-refractivity contribution in [2.24, 2.45) is 11.7 Å². The Morgan fingerprint density at radius 1 is 1.48 bits per heavy atom. The number of sulfone groups is 1. The summed E-state index contributed by atoms with van der Waals surface area (Å²) in [5.74, 6) is 0.974. The Balaban J connectivity index is 1.70. The van der Waals surface area contributed by atoms with E-state index >= 15 is 0 Å². The number of hydrogen-bond acceptors (Lipinski definition) is 5. The Labute approximate surface area is 126 Å². The number of likely N-dealkylation sites (tertiary alicyclic amines) is 1. The highest BCUT2D eigenvalue weighted by Crippen LogP contribution is 2.30. The number of hydrogen-bond donors (Lipinski definition) is 1. The molecule has 0 spiro atoms. The molecule has 0 saturated carbocycles. The Kier molecular flexibility index (Phi) is 3.62. The highest BCUT2D eigenvalue weighted by atomic mass is 32.2. The van der Waals surface area contributed by atoms with Crippen LogP contribution < -0.4 is 5.73 Å². The van der Waals surface area contributed by atoms with Crippen LogP contribution in [-0.4, -0.2) is 53.7 Å². The van der Waals surface area contributed by atoms with Crippen molar-refractivity contribution in [1.29, 1.82) is 0 Å². The van der Waals surface area contributed by atoms with Crippen molar-refractivity contribution in [2.45, 2.75) is 38.4 Å². The van der Waals surface area contributed by atoms with Gasteiger partial charge in [-0.1, -0.05) is 6.92 Å². The van der Waals surface area contributed by atoms with Crippen molar-refractivity contribution >= 4 is 9.84 Å². The fourth-order valence-corrected chi connectivity index (χ4v) is 5.51. The van der Waals surface area contributed by atoms with Gasteiger partial charge in [-0.05, 0) is 19.3 Å². The molecule has 21 heavy (non-hydrogen) atoms. The SMILES string of the molecule is CC1CN(Cc2cnn(C3(C)CCS(=O)(=O)C3)c2)CC1N. The van der Waals surface area contributed by atoms with Crippen LogP contribution in [0.2, 0.25) is 0 Å². The first-order chi connectivity index (χ1) is 9.77. The molecule has 0 aromatic carbocycles. The van der Waals surface area contributed by atoms with Crippen molar-refractivity contribution in [3.8, 4) is 0 Å². The number of nitrogens with two attached hydrogens (primary N) is 1. The van der Waals surface area contributed by atoms with Crippen LogP contribution in [-0.2, 0) is 21.9 Å². The van der Waals surface area contributed by atoms with Crippen LogP contribution in [0.15, 0.2) is 12.4 Å². The second-order valence-corrected chi connectivity index (χ2v) is 9.15.